The Morgan fingerprint density at radius 2 is 1.75 bits per heavy atom. The van der Waals surface area contributed by atoms with Gasteiger partial charge in [-0.1, -0.05) is 11.3 Å². The number of fused-ring (bicyclic) bond motifs is 1. The number of ether oxygens (including phenoxy) is 1. The van der Waals surface area contributed by atoms with Crippen LogP contribution in [0.25, 0.3) is 33.7 Å². The van der Waals surface area contributed by atoms with E-state index in [4.69, 9.17) is 0 Å². The molecule has 2 N–H and O–H groups in total. The van der Waals surface area contributed by atoms with Crippen molar-refractivity contribution in [2.75, 3.05) is 0 Å². The molecule has 0 radical (unpaired) electrons. The molecular formula is C25H27F2N7O2. The number of alkyl halides is 2. The molecule has 5 rings (SSSR count). The minimum atomic E-state index is -2.92. The molecular weight excluding hydrogens is 468 g/mol. The van der Waals surface area contributed by atoms with Gasteiger partial charge in [-0.05, 0) is 70.9 Å². The number of halogens is 2. The standard InChI is InChI=1S/C25H27F2N7O2/c1-24(2)11-15(12-25(3,4)32-24)34-22-20(30-33-34)10-19(29-31-22)17-7-5-14(9-21(17)35)18-8-6-16(13-28-18)36-23(26)27/h5-10,13,15,23,32,35H,11-12H2,1-4H3. The molecule has 0 amide bonds. The SMILES string of the molecule is CC1(C)CC(n2nnc3cc(-c4ccc(-c5ccc(OC(F)F)cn5)cc4O)nnc32)CC(C)(C)N1. The molecule has 3 aromatic heterocycles. The summed E-state index contributed by atoms with van der Waals surface area (Å²) in [4.78, 5) is 4.13. The van der Waals surface area contributed by atoms with Crippen molar-refractivity contribution in [2.45, 2.75) is 64.3 Å². The Morgan fingerprint density at radius 3 is 2.39 bits per heavy atom. The van der Waals surface area contributed by atoms with Gasteiger partial charge in [-0.2, -0.15) is 8.78 Å². The first-order valence-corrected chi connectivity index (χ1v) is 11.6. The highest BCUT2D eigenvalue weighted by Gasteiger charge is 2.39. The molecule has 1 saturated heterocycles. The Kier molecular flexibility index (Phi) is 5.82. The number of hydrogen-bond acceptors (Lipinski definition) is 8. The van der Waals surface area contributed by atoms with Crippen LogP contribution in [-0.2, 0) is 0 Å². The molecule has 4 aromatic rings. The average molecular weight is 496 g/mol. The van der Waals surface area contributed by atoms with Crippen LogP contribution in [0.4, 0.5) is 8.78 Å². The van der Waals surface area contributed by atoms with Gasteiger partial charge in [0.25, 0.3) is 0 Å². The Balaban J connectivity index is 1.41. The van der Waals surface area contributed by atoms with E-state index in [2.05, 4.69) is 63.2 Å². The summed E-state index contributed by atoms with van der Waals surface area (Å²) < 4.78 is 30.9. The van der Waals surface area contributed by atoms with E-state index in [0.29, 0.717) is 33.7 Å². The van der Waals surface area contributed by atoms with Gasteiger partial charge < -0.3 is 15.2 Å². The second kappa shape index (κ2) is 8.74. The molecule has 0 bridgehead atoms. The van der Waals surface area contributed by atoms with Crippen molar-refractivity contribution in [3.05, 3.63) is 42.6 Å². The largest absolute Gasteiger partial charge is 0.507 e. The number of piperidine rings is 1. The first-order chi connectivity index (χ1) is 17.0. The van der Waals surface area contributed by atoms with Gasteiger partial charge in [0, 0.05) is 22.2 Å². The van der Waals surface area contributed by atoms with Crippen molar-refractivity contribution < 1.29 is 18.6 Å². The third-order valence-electron chi connectivity index (χ3n) is 6.27. The Labute approximate surface area is 206 Å². The summed E-state index contributed by atoms with van der Waals surface area (Å²) >= 11 is 0. The molecule has 0 unspecified atom stereocenters. The number of pyridine rings is 1. The van der Waals surface area contributed by atoms with Gasteiger partial charge in [-0.15, -0.1) is 15.3 Å². The van der Waals surface area contributed by atoms with Crippen molar-refractivity contribution in [3.63, 3.8) is 0 Å². The second-order valence-electron chi connectivity index (χ2n) is 10.4. The lowest BCUT2D eigenvalue weighted by Gasteiger charge is -2.46. The van der Waals surface area contributed by atoms with Crippen LogP contribution in [0, 0.1) is 0 Å². The zero-order valence-electron chi connectivity index (χ0n) is 20.4. The fourth-order valence-electron chi connectivity index (χ4n) is 5.20. The third kappa shape index (κ3) is 4.83. The zero-order chi connectivity index (χ0) is 25.7. The maximum Gasteiger partial charge on any atom is 0.387 e. The predicted molar refractivity (Wildman–Crippen MR) is 130 cm³/mol. The van der Waals surface area contributed by atoms with Crippen LogP contribution in [0.2, 0.25) is 0 Å². The van der Waals surface area contributed by atoms with E-state index < -0.39 is 6.61 Å². The topological polar surface area (TPSA) is 111 Å². The fraction of sp³-hybridized carbons (Fsp3) is 0.400. The predicted octanol–water partition coefficient (Wildman–Crippen LogP) is 4.74. The summed E-state index contributed by atoms with van der Waals surface area (Å²) in [5, 5.41) is 31.9. The molecule has 1 fully saturated rings. The fourth-order valence-corrected chi connectivity index (χ4v) is 5.20. The summed E-state index contributed by atoms with van der Waals surface area (Å²) in [6.45, 7) is 5.79. The van der Waals surface area contributed by atoms with E-state index >= 15 is 0 Å². The Bertz CT molecular complexity index is 1390. The van der Waals surface area contributed by atoms with Crippen molar-refractivity contribution >= 4 is 11.2 Å². The van der Waals surface area contributed by atoms with Gasteiger partial charge in [-0.25, -0.2) is 4.68 Å². The van der Waals surface area contributed by atoms with Crippen molar-refractivity contribution in [2.24, 2.45) is 0 Å². The van der Waals surface area contributed by atoms with Gasteiger partial charge in [0.1, 0.15) is 17.0 Å². The summed E-state index contributed by atoms with van der Waals surface area (Å²) in [6.07, 6.45) is 2.97. The number of aromatic hydroxyl groups is 1. The number of phenols is 1. The highest BCUT2D eigenvalue weighted by Crippen LogP contribution is 2.37. The second-order valence-corrected chi connectivity index (χ2v) is 10.4. The molecule has 4 heterocycles. The molecule has 9 nitrogen and oxygen atoms in total. The summed E-state index contributed by atoms with van der Waals surface area (Å²) in [7, 11) is 0. The monoisotopic (exact) mass is 495 g/mol. The summed E-state index contributed by atoms with van der Waals surface area (Å²) in [5.74, 6) is -0.0621. The molecule has 1 aromatic carbocycles. The van der Waals surface area contributed by atoms with Gasteiger partial charge in [0.15, 0.2) is 0 Å². The zero-order valence-corrected chi connectivity index (χ0v) is 20.4. The van der Waals surface area contributed by atoms with E-state index in [1.807, 2.05) is 4.68 Å². The van der Waals surface area contributed by atoms with Gasteiger partial charge in [0.2, 0.25) is 5.65 Å². The van der Waals surface area contributed by atoms with Crippen LogP contribution in [0.15, 0.2) is 42.6 Å². The molecule has 11 heteroatoms. The van der Waals surface area contributed by atoms with Crippen molar-refractivity contribution in [1.82, 2.24) is 35.5 Å². The molecule has 36 heavy (non-hydrogen) atoms. The Morgan fingerprint density at radius 1 is 1.00 bits per heavy atom. The van der Waals surface area contributed by atoms with E-state index in [1.165, 1.54) is 18.3 Å². The van der Waals surface area contributed by atoms with Crippen molar-refractivity contribution in [1.29, 1.82) is 0 Å². The van der Waals surface area contributed by atoms with Crippen LogP contribution in [-0.4, -0.2) is 53.0 Å². The minimum Gasteiger partial charge on any atom is -0.507 e. The molecule has 1 aliphatic heterocycles. The van der Waals surface area contributed by atoms with E-state index in [0.717, 1.165) is 12.8 Å². The number of rotatable bonds is 5. The van der Waals surface area contributed by atoms with Crippen LogP contribution < -0.4 is 10.1 Å². The first kappa shape index (κ1) is 24.0. The molecule has 188 valence electrons. The van der Waals surface area contributed by atoms with Crippen LogP contribution >= 0.6 is 0 Å². The number of hydrogen-bond donors (Lipinski definition) is 2. The highest BCUT2D eigenvalue weighted by molar-refractivity contribution is 5.79. The van der Waals surface area contributed by atoms with Crippen LogP contribution in [0.5, 0.6) is 11.5 Å². The molecule has 0 saturated carbocycles. The number of phenolic OH excluding ortho intramolecular Hbond substituents is 1. The average Bonchev–Trinajstić information content (AvgIpc) is 3.20. The molecule has 1 aliphatic rings. The molecule has 0 spiro atoms. The van der Waals surface area contributed by atoms with E-state index in [-0.39, 0.29) is 28.6 Å². The number of nitrogens with zero attached hydrogens (tertiary/aromatic N) is 6. The lowest BCUT2D eigenvalue weighted by atomic mass is 9.80. The van der Waals surface area contributed by atoms with E-state index in [1.54, 1.807) is 24.3 Å². The smallest absolute Gasteiger partial charge is 0.387 e. The van der Waals surface area contributed by atoms with Gasteiger partial charge in [0.05, 0.1) is 23.6 Å². The van der Waals surface area contributed by atoms with Crippen LogP contribution in [0.1, 0.15) is 46.6 Å². The number of aromatic nitrogens is 6. The minimum absolute atomic E-state index is 0.0231. The quantitative estimate of drug-likeness (QED) is 0.409. The maximum atomic E-state index is 12.4. The number of nitrogens with one attached hydrogen (secondary N) is 1. The lowest BCUT2D eigenvalue weighted by molar-refractivity contribution is -0.0500. The normalized spacial score (nSPS) is 17.5. The van der Waals surface area contributed by atoms with Gasteiger partial charge in [-0.3, -0.25) is 4.98 Å². The van der Waals surface area contributed by atoms with E-state index in [9.17, 15) is 13.9 Å². The first-order valence-electron chi connectivity index (χ1n) is 11.6. The lowest BCUT2D eigenvalue weighted by Crippen LogP contribution is -2.58. The molecule has 0 atom stereocenters. The third-order valence-corrected chi connectivity index (χ3v) is 6.27. The summed E-state index contributed by atoms with van der Waals surface area (Å²) in [6, 6.07) is 9.81. The maximum absolute atomic E-state index is 12.4. The molecule has 0 aliphatic carbocycles. The highest BCUT2D eigenvalue weighted by atomic mass is 19.3. The number of benzene rings is 1. The van der Waals surface area contributed by atoms with Gasteiger partial charge >= 0.3 is 6.61 Å². The van der Waals surface area contributed by atoms with Crippen LogP contribution in [0.3, 0.4) is 0 Å². The summed E-state index contributed by atoms with van der Waals surface area (Å²) in [5.41, 5.74) is 3.11. The van der Waals surface area contributed by atoms with Crippen molar-refractivity contribution in [3.8, 4) is 34.0 Å². The Hall–Kier alpha value is -3.73.